The van der Waals surface area contributed by atoms with Gasteiger partial charge in [0.15, 0.2) is 4.08 Å². The zero-order valence-corrected chi connectivity index (χ0v) is 16.0. The zero-order chi connectivity index (χ0) is 18.2. The van der Waals surface area contributed by atoms with Crippen LogP contribution in [-0.4, -0.2) is 35.7 Å². The van der Waals surface area contributed by atoms with Crippen molar-refractivity contribution in [3.63, 3.8) is 0 Å². The fraction of sp³-hybridized carbons (Fsp3) is 0.286. The van der Waals surface area contributed by atoms with Crippen molar-refractivity contribution in [1.82, 2.24) is 12.3 Å². The van der Waals surface area contributed by atoms with Crippen molar-refractivity contribution in [2.75, 3.05) is 0 Å². The summed E-state index contributed by atoms with van der Waals surface area (Å²) in [5.74, 6) is -1.51. The van der Waals surface area contributed by atoms with E-state index in [1.54, 1.807) is 30.3 Å². The quantitative estimate of drug-likeness (QED) is 0.308. The van der Waals surface area contributed by atoms with Crippen molar-refractivity contribution in [3.8, 4) is 0 Å². The monoisotopic (exact) mass is 408 g/mol. The molecular formula is C14H24N4O6S2. The lowest BCUT2D eigenvalue weighted by Gasteiger charge is -2.47. The molecule has 0 heterocycles. The highest BCUT2D eigenvalue weighted by Gasteiger charge is 2.54. The molecular weight excluding hydrogens is 384 g/mol. The van der Waals surface area contributed by atoms with Crippen LogP contribution in [0.3, 0.4) is 0 Å². The second-order valence-corrected chi connectivity index (χ2v) is 9.20. The zero-order valence-electron chi connectivity index (χ0n) is 14.4. The Morgan fingerprint density at radius 3 is 1.96 bits per heavy atom. The number of hydrogen-bond acceptors (Lipinski definition) is 8. The lowest BCUT2D eigenvalue weighted by Crippen LogP contribution is -2.63. The smallest absolute Gasteiger partial charge is 0.162 e. The Morgan fingerprint density at radius 2 is 1.50 bits per heavy atom. The van der Waals surface area contributed by atoms with Gasteiger partial charge in [0.05, 0.1) is 5.66 Å². The standard InChI is InChI=1S/C14H18N2O6S2.2H3N/c15-13(16)9-8-12(7-6-11-4-2-1-3-5-11)14(10-13,23(17,18)19)24(20,21)22;;/h1-9,12H,10,15-16H2,(H,17,18,19)(H,20,21,22);2*1H3. The highest BCUT2D eigenvalue weighted by Crippen LogP contribution is 2.42. The van der Waals surface area contributed by atoms with Gasteiger partial charge in [-0.25, -0.2) is 16.8 Å². The minimum atomic E-state index is -5.58. The normalized spacial score (nSPS) is 21.6. The van der Waals surface area contributed by atoms with E-state index in [1.807, 2.05) is 0 Å². The molecule has 0 fully saturated rings. The molecule has 12 N–H and O–H groups in total. The molecule has 10 nitrogen and oxygen atoms in total. The number of quaternary nitrogens is 2. The van der Waals surface area contributed by atoms with Crippen LogP contribution in [-0.2, 0) is 20.2 Å². The van der Waals surface area contributed by atoms with Crippen LogP contribution in [0.5, 0.6) is 0 Å². The maximum Gasteiger partial charge on any atom is 0.162 e. The van der Waals surface area contributed by atoms with Crippen molar-refractivity contribution < 1.29 is 25.9 Å². The van der Waals surface area contributed by atoms with Crippen molar-refractivity contribution in [2.24, 2.45) is 17.4 Å². The van der Waals surface area contributed by atoms with E-state index < -0.39 is 42.3 Å². The summed E-state index contributed by atoms with van der Waals surface area (Å²) in [4.78, 5) is 0. The predicted molar refractivity (Wildman–Crippen MR) is 97.9 cm³/mol. The Hall–Kier alpha value is -1.64. The third-order valence-electron chi connectivity index (χ3n) is 3.82. The lowest BCUT2D eigenvalue weighted by molar-refractivity contribution is 0.334. The van der Waals surface area contributed by atoms with Gasteiger partial charge in [-0.3, -0.25) is 0 Å². The van der Waals surface area contributed by atoms with E-state index >= 15 is 0 Å². The average molecular weight is 409 g/mol. The van der Waals surface area contributed by atoms with Gasteiger partial charge in [0.1, 0.15) is 20.2 Å². The van der Waals surface area contributed by atoms with E-state index in [0.29, 0.717) is 5.56 Å². The van der Waals surface area contributed by atoms with Crippen molar-refractivity contribution in [3.05, 3.63) is 54.1 Å². The van der Waals surface area contributed by atoms with Gasteiger partial charge in [-0.15, -0.1) is 0 Å². The second-order valence-electron chi connectivity index (χ2n) is 5.66. The summed E-state index contributed by atoms with van der Waals surface area (Å²) >= 11 is 0. The molecule has 0 aromatic heterocycles. The summed E-state index contributed by atoms with van der Waals surface area (Å²) in [5, 5.41) is 0. The van der Waals surface area contributed by atoms with Gasteiger partial charge < -0.3 is 32.9 Å². The molecule has 1 atom stereocenters. The van der Waals surface area contributed by atoms with E-state index in [1.165, 1.54) is 18.2 Å². The van der Waals surface area contributed by atoms with Gasteiger partial charge in [0, 0.05) is 12.3 Å². The summed E-state index contributed by atoms with van der Waals surface area (Å²) in [5.41, 5.74) is 9.87. The van der Waals surface area contributed by atoms with Crippen LogP contribution in [0.2, 0.25) is 0 Å². The second kappa shape index (κ2) is 7.94. The van der Waals surface area contributed by atoms with Gasteiger partial charge in [-0.1, -0.05) is 54.6 Å². The number of benzene rings is 1. The summed E-state index contributed by atoms with van der Waals surface area (Å²) in [6, 6.07) is 8.53. The Morgan fingerprint density at radius 1 is 1.00 bits per heavy atom. The molecule has 148 valence electrons. The molecule has 26 heavy (non-hydrogen) atoms. The highest BCUT2D eigenvalue weighted by molar-refractivity contribution is 8.05. The first-order valence-corrected chi connectivity index (χ1v) is 9.62. The van der Waals surface area contributed by atoms with Crippen LogP contribution in [0, 0.1) is 5.92 Å². The topological polar surface area (TPSA) is 239 Å². The summed E-state index contributed by atoms with van der Waals surface area (Å²) in [6.45, 7) is 0. The van der Waals surface area contributed by atoms with Crippen molar-refractivity contribution in [1.29, 1.82) is 0 Å². The van der Waals surface area contributed by atoms with Gasteiger partial charge in [-0.05, 0) is 5.56 Å². The Bertz CT molecular complexity index is 847. The van der Waals surface area contributed by atoms with Crippen LogP contribution in [0.1, 0.15) is 12.0 Å². The first kappa shape index (κ1) is 24.4. The molecule has 2 rings (SSSR count). The van der Waals surface area contributed by atoms with Gasteiger partial charge in [0.2, 0.25) is 0 Å². The number of rotatable bonds is 4. The maximum atomic E-state index is 11.8. The summed E-state index contributed by atoms with van der Waals surface area (Å²) in [6.07, 6.45) is 3.81. The molecule has 0 spiro atoms. The molecule has 0 amide bonds. The van der Waals surface area contributed by atoms with Crippen LogP contribution < -0.4 is 23.8 Å². The van der Waals surface area contributed by atoms with Gasteiger partial charge >= 0.3 is 0 Å². The third-order valence-corrected chi connectivity index (χ3v) is 7.57. The Labute approximate surface area is 152 Å². The maximum absolute atomic E-state index is 11.8. The number of nitrogens with two attached hydrogens (primary N) is 2. The van der Waals surface area contributed by atoms with E-state index in [0.717, 1.165) is 6.08 Å². The predicted octanol–water partition coefficient (Wildman–Crippen LogP) is 0.429. The molecule has 0 radical (unpaired) electrons. The van der Waals surface area contributed by atoms with Crippen molar-refractivity contribution in [2.45, 2.75) is 16.2 Å². The molecule has 1 aliphatic carbocycles. The van der Waals surface area contributed by atoms with E-state index in [2.05, 4.69) is 0 Å². The molecule has 1 aromatic carbocycles. The van der Waals surface area contributed by atoms with Crippen LogP contribution in [0.15, 0.2) is 48.6 Å². The van der Waals surface area contributed by atoms with E-state index in [4.69, 9.17) is 11.5 Å². The van der Waals surface area contributed by atoms with Crippen LogP contribution >= 0.6 is 0 Å². The Kier molecular flexibility index (Phi) is 7.44. The fourth-order valence-electron chi connectivity index (χ4n) is 2.66. The largest absolute Gasteiger partial charge is 0.747 e. The molecule has 12 heteroatoms. The number of allylic oxidation sites excluding steroid dienone is 2. The first-order valence-electron chi connectivity index (χ1n) is 6.80. The lowest BCUT2D eigenvalue weighted by atomic mass is 9.87. The SMILES string of the molecule is NC1(N)C=CC(C=Cc2ccccc2)C(S(=O)(=O)[O-])(S(=O)(=O)[O-])C1.[NH4+].[NH4+]. The molecule has 1 aliphatic rings. The average Bonchev–Trinajstić information content (AvgIpc) is 2.44. The van der Waals surface area contributed by atoms with Crippen LogP contribution in [0.4, 0.5) is 0 Å². The van der Waals surface area contributed by atoms with Gasteiger partial charge in [-0.2, -0.15) is 0 Å². The highest BCUT2D eigenvalue weighted by atomic mass is 32.3. The third kappa shape index (κ3) is 4.55. The number of hydrogen-bond donors (Lipinski definition) is 4. The molecule has 1 aromatic rings. The molecule has 0 bridgehead atoms. The minimum absolute atomic E-state index is 0. The van der Waals surface area contributed by atoms with E-state index in [-0.39, 0.29) is 12.3 Å². The fourth-order valence-corrected chi connectivity index (χ4v) is 5.49. The molecule has 1 unspecified atom stereocenters. The minimum Gasteiger partial charge on any atom is -0.747 e. The summed E-state index contributed by atoms with van der Waals surface area (Å²) in [7, 11) is -11.2. The van der Waals surface area contributed by atoms with Crippen LogP contribution in [0.25, 0.3) is 6.08 Å². The first-order chi connectivity index (χ1) is 10.9. The molecule has 0 saturated carbocycles. The molecule has 0 saturated heterocycles. The van der Waals surface area contributed by atoms with Crippen molar-refractivity contribution >= 4 is 26.3 Å². The Balaban J connectivity index is 0.00000312. The van der Waals surface area contributed by atoms with Gasteiger partial charge in [0.25, 0.3) is 0 Å². The molecule has 0 aliphatic heterocycles. The summed E-state index contributed by atoms with van der Waals surface area (Å²) < 4.78 is 67.3. The van der Waals surface area contributed by atoms with E-state index in [9.17, 15) is 25.9 Å².